The summed E-state index contributed by atoms with van der Waals surface area (Å²) in [5.41, 5.74) is 2.48. The molecule has 0 saturated carbocycles. The molecular formula is C21H30N4O7. The van der Waals surface area contributed by atoms with Gasteiger partial charge in [0.25, 0.3) is 12.4 Å². The van der Waals surface area contributed by atoms with Gasteiger partial charge in [-0.25, -0.2) is 4.98 Å². The number of aliphatic hydroxyl groups is 1. The summed E-state index contributed by atoms with van der Waals surface area (Å²) in [5.74, 6) is -0.00529. The zero-order chi connectivity index (χ0) is 23.1. The molecule has 2 aliphatic heterocycles. The van der Waals surface area contributed by atoms with E-state index in [4.69, 9.17) is 19.4 Å². The molecule has 4 rings (SSSR count). The number of ether oxygens (including phenoxy) is 2. The van der Waals surface area contributed by atoms with Gasteiger partial charge in [-0.15, -0.1) is 0 Å². The Morgan fingerprint density at radius 1 is 1.47 bits per heavy atom. The Bertz CT molecular complexity index is 835. The summed E-state index contributed by atoms with van der Waals surface area (Å²) in [6, 6.07) is 1.43. The first-order valence-electron chi connectivity index (χ1n) is 10.7. The summed E-state index contributed by atoms with van der Waals surface area (Å²) in [6.45, 7) is 2.23. The van der Waals surface area contributed by atoms with Crippen LogP contribution in [0, 0.1) is 0 Å². The van der Waals surface area contributed by atoms with Gasteiger partial charge in [-0.3, -0.25) is 19.3 Å². The minimum absolute atomic E-state index is 0.0254. The van der Waals surface area contributed by atoms with Gasteiger partial charge >= 0.3 is 0 Å². The summed E-state index contributed by atoms with van der Waals surface area (Å²) in [6.07, 6.45) is 2.06. The Morgan fingerprint density at radius 2 is 2.25 bits per heavy atom. The fourth-order valence-corrected chi connectivity index (χ4v) is 4.31. The van der Waals surface area contributed by atoms with E-state index in [-0.39, 0.29) is 18.3 Å². The zero-order valence-corrected chi connectivity index (χ0v) is 18.1. The van der Waals surface area contributed by atoms with Crippen molar-refractivity contribution in [3.63, 3.8) is 0 Å². The molecule has 11 nitrogen and oxygen atoms in total. The first-order chi connectivity index (χ1) is 15.5. The van der Waals surface area contributed by atoms with Gasteiger partial charge in [0.2, 0.25) is 11.8 Å². The van der Waals surface area contributed by atoms with E-state index in [0.717, 1.165) is 30.5 Å². The molecule has 0 spiro atoms. The molecule has 176 valence electrons. The molecule has 0 bridgehead atoms. The molecule has 2 amide bonds. The van der Waals surface area contributed by atoms with Crippen LogP contribution >= 0.6 is 0 Å². The molecule has 11 heteroatoms. The molecule has 2 saturated heterocycles. The molecule has 2 fully saturated rings. The number of carbonyl (C=O) groups excluding carboxylic acids is 2. The Labute approximate surface area is 186 Å². The molecular weight excluding hydrogens is 420 g/mol. The predicted octanol–water partition coefficient (Wildman–Crippen LogP) is -1.04. The molecule has 1 aromatic heterocycles. The van der Waals surface area contributed by atoms with Crippen molar-refractivity contribution in [2.75, 3.05) is 39.9 Å². The number of carboxylic acid groups (broad SMARTS) is 1. The minimum Gasteiger partial charge on any atom is -0.483 e. The minimum atomic E-state index is -0.855. The Morgan fingerprint density at radius 3 is 2.97 bits per heavy atom. The van der Waals surface area contributed by atoms with Crippen LogP contribution in [-0.2, 0) is 27.2 Å². The highest BCUT2D eigenvalue weighted by Crippen LogP contribution is 2.27. The second-order valence-electron chi connectivity index (χ2n) is 7.96. The number of amides is 2. The number of pyridine rings is 1. The number of nitrogens with one attached hydrogen (secondary N) is 2. The van der Waals surface area contributed by atoms with Gasteiger partial charge in [0.15, 0.2) is 0 Å². The molecule has 0 aromatic carbocycles. The lowest BCUT2D eigenvalue weighted by atomic mass is 9.98. The van der Waals surface area contributed by atoms with Crippen molar-refractivity contribution in [2.45, 2.75) is 43.9 Å². The maximum Gasteiger partial charge on any atom is 0.290 e. The molecule has 3 aliphatic rings. The molecule has 0 unspecified atom stereocenters. The zero-order valence-electron chi connectivity index (χ0n) is 18.1. The first-order valence-corrected chi connectivity index (χ1v) is 10.7. The molecule has 32 heavy (non-hydrogen) atoms. The lowest BCUT2D eigenvalue weighted by molar-refractivity contribution is -0.128. The summed E-state index contributed by atoms with van der Waals surface area (Å²) in [5, 5.41) is 23.4. The van der Waals surface area contributed by atoms with Crippen LogP contribution in [0.25, 0.3) is 0 Å². The van der Waals surface area contributed by atoms with Crippen molar-refractivity contribution >= 4 is 18.3 Å². The Kier molecular flexibility index (Phi) is 8.37. The van der Waals surface area contributed by atoms with E-state index in [1.165, 1.54) is 7.11 Å². The first kappa shape index (κ1) is 23.9. The number of fused-ring (bicyclic) bond motifs is 1. The smallest absolute Gasteiger partial charge is 0.290 e. The van der Waals surface area contributed by atoms with Gasteiger partial charge in [-0.2, -0.15) is 0 Å². The van der Waals surface area contributed by atoms with Crippen molar-refractivity contribution in [1.29, 1.82) is 0 Å². The number of nitrogens with zero attached hydrogens (tertiary/aromatic N) is 2. The molecule has 0 radical (unpaired) electrons. The highest BCUT2D eigenvalue weighted by atomic mass is 16.5. The third-order valence-corrected chi connectivity index (χ3v) is 5.88. The molecule has 1 aliphatic carbocycles. The normalized spacial score (nSPS) is 25.1. The monoisotopic (exact) mass is 450 g/mol. The van der Waals surface area contributed by atoms with E-state index < -0.39 is 18.2 Å². The van der Waals surface area contributed by atoms with E-state index in [1.54, 1.807) is 0 Å². The quantitative estimate of drug-likeness (QED) is 0.413. The van der Waals surface area contributed by atoms with E-state index in [9.17, 15) is 14.7 Å². The van der Waals surface area contributed by atoms with Gasteiger partial charge in [0, 0.05) is 31.9 Å². The predicted molar refractivity (Wildman–Crippen MR) is 113 cm³/mol. The van der Waals surface area contributed by atoms with Crippen LogP contribution in [-0.4, -0.2) is 96.5 Å². The van der Waals surface area contributed by atoms with Crippen molar-refractivity contribution in [1.82, 2.24) is 20.5 Å². The second-order valence-corrected chi connectivity index (χ2v) is 7.96. The van der Waals surface area contributed by atoms with E-state index >= 15 is 0 Å². The average molecular weight is 450 g/mol. The lowest BCUT2D eigenvalue weighted by Crippen LogP contribution is -2.58. The largest absolute Gasteiger partial charge is 0.483 e. The summed E-state index contributed by atoms with van der Waals surface area (Å²) in [4.78, 5) is 39.3. The summed E-state index contributed by atoms with van der Waals surface area (Å²) >= 11 is 0. The number of piperazine rings is 1. The molecule has 3 heterocycles. The topological polar surface area (TPSA) is 150 Å². The number of aromatic nitrogens is 1. The van der Waals surface area contributed by atoms with Crippen LogP contribution in [0.3, 0.4) is 0 Å². The number of hydrogen-bond acceptors (Lipinski definition) is 8. The number of hydrogen-bond donors (Lipinski definition) is 4. The number of carbonyl (C=O) groups is 3. The van der Waals surface area contributed by atoms with Gasteiger partial charge in [-0.05, 0) is 37.3 Å². The van der Waals surface area contributed by atoms with Crippen molar-refractivity contribution in [2.24, 2.45) is 0 Å². The lowest BCUT2D eigenvalue weighted by Gasteiger charge is -2.38. The van der Waals surface area contributed by atoms with Gasteiger partial charge < -0.3 is 30.3 Å². The highest BCUT2D eigenvalue weighted by molar-refractivity contribution is 5.97. The van der Waals surface area contributed by atoms with Gasteiger partial charge in [-0.1, -0.05) is 0 Å². The number of rotatable bonds is 5. The molecule has 3 atom stereocenters. The van der Waals surface area contributed by atoms with Crippen molar-refractivity contribution in [3.8, 4) is 5.88 Å². The maximum atomic E-state index is 12.9. The van der Waals surface area contributed by atoms with Crippen molar-refractivity contribution in [3.05, 3.63) is 22.9 Å². The van der Waals surface area contributed by atoms with E-state index in [1.807, 2.05) is 11.0 Å². The van der Waals surface area contributed by atoms with E-state index in [2.05, 4.69) is 15.6 Å². The number of aliphatic hydroxyl groups excluding tert-OH is 1. The third kappa shape index (κ3) is 5.72. The van der Waals surface area contributed by atoms with Gasteiger partial charge in [0.05, 0.1) is 25.8 Å². The SMILES string of the molecule is COc1nc2c(cc1C(=O)N[C@H]1CCO[C@H](CN3CCNC(=O)C3)[C@H]1O)CCC2.O=CO. The number of methoxy groups -OCH3 is 1. The third-order valence-electron chi connectivity index (χ3n) is 5.88. The van der Waals surface area contributed by atoms with Crippen LogP contribution in [0.15, 0.2) is 6.07 Å². The molecule has 1 aromatic rings. The summed E-state index contributed by atoms with van der Waals surface area (Å²) < 4.78 is 11.1. The van der Waals surface area contributed by atoms with E-state index in [0.29, 0.717) is 50.7 Å². The standard InChI is InChI=1S/C20H28N4O5.CH2O2/c1-28-20-13(9-12-3-2-4-14(12)23-20)19(27)22-15-5-8-29-16(18(15)26)10-24-7-6-21-17(25)11-24;2-1-3/h9,15-16,18,26H,2-8,10-11H2,1H3,(H,21,25)(H,22,27);1H,(H,2,3)/t15-,16+,18-;/m0./s1. The van der Waals surface area contributed by atoms with Crippen molar-refractivity contribution < 1.29 is 34.1 Å². The van der Waals surface area contributed by atoms with Crippen LogP contribution < -0.4 is 15.4 Å². The number of aryl methyl sites for hydroxylation is 2. The van der Waals surface area contributed by atoms with Crippen LogP contribution in [0.2, 0.25) is 0 Å². The summed E-state index contributed by atoms with van der Waals surface area (Å²) in [7, 11) is 1.51. The van der Waals surface area contributed by atoms with Crippen LogP contribution in [0.5, 0.6) is 5.88 Å². The fraction of sp³-hybridized carbons (Fsp3) is 0.619. The molecule has 4 N–H and O–H groups in total. The second kappa shape index (κ2) is 11.2. The van der Waals surface area contributed by atoms with Crippen LogP contribution in [0.4, 0.5) is 0 Å². The van der Waals surface area contributed by atoms with Gasteiger partial charge in [0.1, 0.15) is 11.7 Å². The highest BCUT2D eigenvalue weighted by Gasteiger charge is 2.36. The van der Waals surface area contributed by atoms with Crippen LogP contribution in [0.1, 0.15) is 34.5 Å². The Balaban J connectivity index is 0.000000913. The fourth-order valence-electron chi connectivity index (χ4n) is 4.31. The Hall–Kier alpha value is -2.76. The maximum absolute atomic E-state index is 12.9. The average Bonchev–Trinajstić information content (AvgIpc) is 3.23.